The van der Waals surface area contributed by atoms with Gasteiger partial charge in [-0.15, -0.1) is 0 Å². The Kier molecular flexibility index (Phi) is 6.47. The van der Waals surface area contributed by atoms with Crippen LogP contribution in [0.15, 0.2) is 0 Å². The second-order valence-electron chi connectivity index (χ2n) is 7.72. The number of amides is 1. The second-order valence-corrected chi connectivity index (χ2v) is 7.72. The van der Waals surface area contributed by atoms with Crippen molar-refractivity contribution >= 4 is 6.09 Å². The van der Waals surface area contributed by atoms with Gasteiger partial charge in [0, 0.05) is 25.7 Å². The third-order valence-electron chi connectivity index (χ3n) is 3.25. The first-order chi connectivity index (χ1) is 9.55. The summed E-state index contributed by atoms with van der Waals surface area (Å²) in [5.74, 6) is 0. The molecule has 0 aromatic carbocycles. The number of alkyl carbamates (subject to hydrolysis) is 1. The monoisotopic (exact) mass is 300 g/mol. The van der Waals surface area contributed by atoms with E-state index in [2.05, 4.69) is 31.0 Å². The van der Waals surface area contributed by atoms with Crippen LogP contribution in [0.5, 0.6) is 0 Å². The van der Waals surface area contributed by atoms with Crippen molar-refractivity contribution in [2.75, 3.05) is 26.2 Å². The van der Waals surface area contributed by atoms with Crippen molar-refractivity contribution in [3.8, 4) is 0 Å². The summed E-state index contributed by atoms with van der Waals surface area (Å²) in [5, 5.41) is 2.96. The topological polar surface area (TPSA) is 50.8 Å². The maximum absolute atomic E-state index is 11.7. The molecule has 1 aliphatic heterocycles. The minimum atomic E-state index is -0.435. The Morgan fingerprint density at radius 2 is 1.67 bits per heavy atom. The number of ether oxygens (including phenoxy) is 2. The van der Waals surface area contributed by atoms with Crippen molar-refractivity contribution in [2.24, 2.45) is 0 Å². The fourth-order valence-corrected chi connectivity index (χ4v) is 2.26. The number of carbonyl (C=O) groups is 1. The Bertz CT molecular complexity index is 323. The molecular formula is C16H32N2O3. The predicted molar refractivity (Wildman–Crippen MR) is 84.5 cm³/mol. The molecule has 0 aliphatic carbocycles. The van der Waals surface area contributed by atoms with E-state index < -0.39 is 5.60 Å². The van der Waals surface area contributed by atoms with Gasteiger partial charge < -0.3 is 19.7 Å². The number of rotatable bonds is 4. The molecule has 1 aliphatic rings. The standard InChI is InChI=1S/C16H32N2O3/c1-15(2,3)20-12-11-18-9-7-13(8-10-18)17-14(19)21-16(4,5)6/h13H,7-12H2,1-6H3,(H,17,19). The van der Waals surface area contributed by atoms with Gasteiger partial charge >= 0.3 is 6.09 Å². The number of nitrogens with one attached hydrogen (secondary N) is 1. The summed E-state index contributed by atoms with van der Waals surface area (Å²) < 4.78 is 11.0. The molecule has 0 saturated carbocycles. The van der Waals surface area contributed by atoms with Crippen LogP contribution in [0.1, 0.15) is 54.4 Å². The second kappa shape index (κ2) is 7.45. The van der Waals surface area contributed by atoms with Gasteiger partial charge in [0.2, 0.25) is 0 Å². The van der Waals surface area contributed by atoms with Gasteiger partial charge in [0.15, 0.2) is 0 Å². The lowest BCUT2D eigenvalue weighted by Crippen LogP contribution is -2.46. The lowest BCUT2D eigenvalue weighted by Gasteiger charge is -2.33. The Hall–Kier alpha value is -0.810. The van der Waals surface area contributed by atoms with E-state index in [9.17, 15) is 4.79 Å². The van der Waals surface area contributed by atoms with Crippen LogP contribution in [-0.2, 0) is 9.47 Å². The maximum atomic E-state index is 11.7. The molecule has 0 atom stereocenters. The average molecular weight is 300 g/mol. The Balaban J connectivity index is 2.19. The third kappa shape index (κ3) is 8.94. The maximum Gasteiger partial charge on any atom is 0.407 e. The molecular weight excluding hydrogens is 268 g/mol. The number of carbonyl (C=O) groups excluding carboxylic acids is 1. The number of piperidine rings is 1. The van der Waals surface area contributed by atoms with Crippen LogP contribution < -0.4 is 5.32 Å². The van der Waals surface area contributed by atoms with E-state index in [4.69, 9.17) is 9.47 Å². The lowest BCUT2D eigenvalue weighted by molar-refractivity contribution is -0.0158. The first-order valence-electron chi connectivity index (χ1n) is 7.91. The van der Waals surface area contributed by atoms with Gasteiger partial charge in [0.25, 0.3) is 0 Å². The van der Waals surface area contributed by atoms with Crippen molar-refractivity contribution in [2.45, 2.75) is 71.6 Å². The summed E-state index contributed by atoms with van der Waals surface area (Å²) in [6.07, 6.45) is 1.63. The van der Waals surface area contributed by atoms with Crippen LogP contribution in [0.4, 0.5) is 4.79 Å². The molecule has 1 saturated heterocycles. The van der Waals surface area contributed by atoms with E-state index in [-0.39, 0.29) is 17.7 Å². The van der Waals surface area contributed by atoms with Gasteiger partial charge in [0.1, 0.15) is 5.60 Å². The zero-order valence-corrected chi connectivity index (χ0v) is 14.5. The summed E-state index contributed by atoms with van der Waals surface area (Å²) >= 11 is 0. The van der Waals surface area contributed by atoms with Crippen LogP contribution in [-0.4, -0.2) is 54.5 Å². The highest BCUT2D eigenvalue weighted by atomic mass is 16.6. The molecule has 0 unspecified atom stereocenters. The summed E-state index contributed by atoms with van der Waals surface area (Å²) in [7, 11) is 0. The van der Waals surface area contributed by atoms with Crippen molar-refractivity contribution in [3.63, 3.8) is 0 Å². The minimum Gasteiger partial charge on any atom is -0.444 e. The smallest absolute Gasteiger partial charge is 0.407 e. The third-order valence-corrected chi connectivity index (χ3v) is 3.25. The highest BCUT2D eigenvalue weighted by Gasteiger charge is 2.23. The molecule has 5 heteroatoms. The molecule has 124 valence electrons. The normalized spacial score (nSPS) is 18.6. The van der Waals surface area contributed by atoms with E-state index in [1.807, 2.05) is 20.8 Å². The van der Waals surface area contributed by atoms with Gasteiger partial charge in [-0.05, 0) is 54.4 Å². The first kappa shape index (κ1) is 18.2. The lowest BCUT2D eigenvalue weighted by atomic mass is 10.1. The molecule has 21 heavy (non-hydrogen) atoms. The summed E-state index contributed by atoms with van der Waals surface area (Å²) in [4.78, 5) is 14.1. The van der Waals surface area contributed by atoms with Gasteiger partial charge in [-0.1, -0.05) is 0 Å². The fraction of sp³-hybridized carbons (Fsp3) is 0.938. The Labute approximate surface area is 129 Å². The van der Waals surface area contributed by atoms with Crippen LogP contribution in [0.2, 0.25) is 0 Å². The van der Waals surface area contributed by atoms with Crippen LogP contribution in [0.25, 0.3) is 0 Å². The molecule has 1 rings (SSSR count). The molecule has 0 spiro atoms. The molecule has 0 bridgehead atoms. The highest BCUT2D eigenvalue weighted by Crippen LogP contribution is 2.13. The van der Waals surface area contributed by atoms with Gasteiger partial charge in [-0.25, -0.2) is 4.79 Å². The molecule has 1 amide bonds. The molecule has 0 radical (unpaired) electrons. The largest absolute Gasteiger partial charge is 0.444 e. The van der Waals surface area contributed by atoms with Gasteiger partial charge in [-0.2, -0.15) is 0 Å². The van der Waals surface area contributed by atoms with Crippen molar-refractivity contribution in [1.82, 2.24) is 10.2 Å². The molecule has 1 fully saturated rings. The first-order valence-corrected chi connectivity index (χ1v) is 7.91. The van der Waals surface area contributed by atoms with Crippen molar-refractivity contribution < 1.29 is 14.3 Å². The van der Waals surface area contributed by atoms with Crippen LogP contribution >= 0.6 is 0 Å². The van der Waals surface area contributed by atoms with Crippen molar-refractivity contribution in [3.05, 3.63) is 0 Å². The fourth-order valence-electron chi connectivity index (χ4n) is 2.26. The van der Waals surface area contributed by atoms with E-state index >= 15 is 0 Å². The number of likely N-dealkylation sites (tertiary alicyclic amines) is 1. The molecule has 5 nitrogen and oxygen atoms in total. The summed E-state index contributed by atoms with van der Waals surface area (Å²) in [6, 6.07) is 0.222. The van der Waals surface area contributed by atoms with E-state index in [1.54, 1.807) is 0 Å². The van der Waals surface area contributed by atoms with Gasteiger partial charge in [0.05, 0.1) is 12.2 Å². The molecule has 0 aromatic rings. The van der Waals surface area contributed by atoms with Crippen molar-refractivity contribution in [1.29, 1.82) is 0 Å². The van der Waals surface area contributed by atoms with Crippen LogP contribution in [0, 0.1) is 0 Å². The predicted octanol–water partition coefficient (Wildman–Crippen LogP) is 2.79. The molecule has 1 N–H and O–H groups in total. The summed E-state index contributed by atoms with van der Waals surface area (Å²) in [6.45, 7) is 15.6. The van der Waals surface area contributed by atoms with E-state index in [1.165, 1.54) is 0 Å². The van der Waals surface area contributed by atoms with Crippen LogP contribution in [0.3, 0.4) is 0 Å². The Morgan fingerprint density at radius 1 is 1.10 bits per heavy atom. The summed E-state index contributed by atoms with van der Waals surface area (Å²) in [5.41, 5.74) is -0.508. The van der Waals surface area contributed by atoms with Gasteiger partial charge in [-0.3, -0.25) is 0 Å². The van der Waals surface area contributed by atoms with E-state index in [0.717, 1.165) is 39.1 Å². The SMILES string of the molecule is CC(C)(C)OCCN1CCC(NC(=O)OC(C)(C)C)CC1. The van der Waals surface area contributed by atoms with E-state index in [0.29, 0.717) is 0 Å². The highest BCUT2D eigenvalue weighted by molar-refractivity contribution is 5.68. The quantitative estimate of drug-likeness (QED) is 0.867. The zero-order chi connectivity index (χ0) is 16.1. The minimum absolute atomic E-state index is 0.0728. The number of hydrogen-bond donors (Lipinski definition) is 1. The number of hydrogen-bond acceptors (Lipinski definition) is 4. The zero-order valence-electron chi connectivity index (χ0n) is 14.5. The average Bonchev–Trinajstić information content (AvgIpc) is 2.27. The number of nitrogens with zero attached hydrogens (tertiary/aromatic N) is 1. The Morgan fingerprint density at radius 3 is 2.14 bits per heavy atom. The molecule has 0 aromatic heterocycles. The molecule has 1 heterocycles.